The van der Waals surface area contributed by atoms with Crippen LogP contribution in [0.2, 0.25) is 0 Å². The standard InChI is InChI=1S/C15H22N6O/c1-12-10-13(21-15(19-12)17-11-18-21)16-7-5-9-20-8-4-2-3-6-14(20)22/h10-11,16H,2-9H2,1H3. The number of hydrogen-bond acceptors (Lipinski definition) is 5. The van der Waals surface area contributed by atoms with Gasteiger partial charge in [0.25, 0.3) is 5.78 Å². The Balaban J connectivity index is 1.54. The van der Waals surface area contributed by atoms with Gasteiger partial charge in [-0.1, -0.05) is 6.42 Å². The van der Waals surface area contributed by atoms with E-state index < -0.39 is 0 Å². The molecule has 1 saturated heterocycles. The van der Waals surface area contributed by atoms with Crippen LogP contribution in [-0.2, 0) is 4.79 Å². The highest BCUT2D eigenvalue weighted by molar-refractivity contribution is 5.76. The van der Waals surface area contributed by atoms with E-state index in [1.54, 1.807) is 4.52 Å². The molecule has 2 aromatic heterocycles. The molecule has 3 heterocycles. The molecule has 22 heavy (non-hydrogen) atoms. The number of aromatic nitrogens is 4. The molecule has 7 nitrogen and oxygen atoms in total. The Morgan fingerprint density at radius 1 is 1.32 bits per heavy atom. The smallest absolute Gasteiger partial charge is 0.254 e. The molecule has 118 valence electrons. The molecule has 0 radical (unpaired) electrons. The monoisotopic (exact) mass is 302 g/mol. The normalized spacial score (nSPS) is 16.0. The van der Waals surface area contributed by atoms with Crippen molar-refractivity contribution >= 4 is 17.5 Å². The second-order valence-corrected chi connectivity index (χ2v) is 5.73. The molecular weight excluding hydrogens is 280 g/mol. The Kier molecular flexibility index (Phi) is 4.50. The molecular formula is C15H22N6O. The van der Waals surface area contributed by atoms with Gasteiger partial charge in [0.05, 0.1) is 0 Å². The summed E-state index contributed by atoms with van der Waals surface area (Å²) in [6, 6.07) is 1.96. The summed E-state index contributed by atoms with van der Waals surface area (Å²) in [5.41, 5.74) is 0.908. The van der Waals surface area contributed by atoms with Crippen molar-refractivity contribution in [2.45, 2.75) is 39.0 Å². The summed E-state index contributed by atoms with van der Waals surface area (Å²) in [5, 5.41) is 7.54. The molecule has 1 amide bonds. The molecule has 0 saturated carbocycles. The van der Waals surface area contributed by atoms with Gasteiger partial charge < -0.3 is 10.2 Å². The molecule has 1 aliphatic heterocycles. The van der Waals surface area contributed by atoms with Crippen LogP contribution >= 0.6 is 0 Å². The van der Waals surface area contributed by atoms with Crippen LogP contribution in [0.25, 0.3) is 5.78 Å². The maximum absolute atomic E-state index is 11.9. The number of likely N-dealkylation sites (tertiary alicyclic amines) is 1. The zero-order valence-corrected chi connectivity index (χ0v) is 13.0. The highest BCUT2D eigenvalue weighted by Gasteiger charge is 2.15. The van der Waals surface area contributed by atoms with Crippen molar-refractivity contribution < 1.29 is 4.79 Å². The van der Waals surface area contributed by atoms with Crippen molar-refractivity contribution in [1.82, 2.24) is 24.5 Å². The number of rotatable bonds is 5. The summed E-state index contributed by atoms with van der Waals surface area (Å²) in [6.07, 6.45) is 6.46. The molecule has 1 N–H and O–H groups in total. The van der Waals surface area contributed by atoms with E-state index in [0.29, 0.717) is 18.1 Å². The zero-order valence-electron chi connectivity index (χ0n) is 13.0. The first-order valence-corrected chi connectivity index (χ1v) is 7.93. The Morgan fingerprint density at radius 3 is 3.14 bits per heavy atom. The number of carbonyl (C=O) groups is 1. The topological polar surface area (TPSA) is 75.4 Å². The molecule has 0 spiro atoms. The molecule has 0 aromatic carbocycles. The molecule has 0 unspecified atom stereocenters. The molecule has 1 fully saturated rings. The van der Waals surface area contributed by atoms with Gasteiger partial charge in [-0.15, -0.1) is 0 Å². The van der Waals surface area contributed by atoms with E-state index >= 15 is 0 Å². The summed E-state index contributed by atoms with van der Waals surface area (Å²) in [6.45, 7) is 4.45. The summed E-state index contributed by atoms with van der Waals surface area (Å²) >= 11 is 0. The first kappa shape index (κ1) is 14.7. The van der Waals surface area contributed by atoms with Gasteiger partial charge in [-0.3, -0.25) is 4.79 Å². The number of carbonyl (C=O) groups excluding carboxylic acids is 1. The Hall–Kier alpha value is -2.18. The number of hydrogen-bond donors (Lipinski definition) is 1. The van der Waals surface area contributed by atoms with E-state index in [2.05, 4.69) is 20.4 Å². The molecule has 3 rings (SSSR count). The zero-order chi connectivity index (χ0) is 15.4. The predicted molar refractivity (Wildman–Crippen MR) is 83.7 cm³/mol. The first-order chi connectivity index (χ1) is 10.7. The van der Waals surface area contributed by atoms with Crippen molar-refractivity contribution in [3.8, 4) is 0 Å². The molecule has 7 heteroatoms. The van der Waals surface area contributed by atoms with Crippen molar-refractivity contribution in [2.75, 3.05) is 25.0 Å². The minimum absolute atomic E-state index is 0.302. The second-order valence-electron chi connectivity index (χ2n) is 5.73. The predicted octanol–water partition coefficient (Wildman–Crippen LogP) is 1.64. The maximum Gasteiger partial charge on any atom is 0.254 e. The Morgan fingerprint density at radius 2 is 2.23 bits per heavy atom. The third kappa shape index (κ3) is 3.35. The van der Waals surface area contributed by atoms with Crippen molar-refractivity contribution in [3.05, 3.63) is 18.1 Å². The molecule has 0 bridgehead atoms. The summed E-state index contributed by atoms with van der Waals surface area (Å²) < 4.78 is 1.70. The quantitative estimate of drug-likeness (QED) is 0.850. The van der Waals surface area contributed by atoms with Gasteiger partial charge in [-0.25, -0.2) is 4.98 Å². The van der Waals surface area contributed by atoms with Crippen LogP contribution < -0.4 is 5.32 Å². The van der Waals surface area contributed by atoms with Crippen molar-refractivity contribution in [1.29, 1.82) is 0 Å². The van der Waals surface area contributed by atoms with E-state index in [0.717, 1.165) is 50.4 Å². The van der Waals surface area contributed by atoms with Crippen LogP contribution in [0, 0.1) is 6.92 Å². The minimum atomic E-state index is 0.302. The fourth-order valence-electron chi connectivity index (χ4n) is 2.82. The first-order valence-electron chi connectivity index (χ1n) is 7.93. The van der Waals surface area contributed by atoms with Crippen LogP contribution in [0.1, 0.15) is 37.8 Å². The van der Waals surface area contributed by atoms with Crippen LogP contribution in [0.5, 0.6) is 0 Å². The number of amides is 1. The lowest BCUT2D eigenvalue weighted by molar-refractivity contribution is -0.130. The summed E-state index contributed by atoms with van der Waals surface area (Å²) in [4.78, 5) is 22.4. The lowest BCUT2D eigenvalue weighted by atomic mass is 10.2. The highest BCUT2D eigenvalue weighted by atomic mass is 16.2. The van der Waals surface area contributed by atoms with Gasteiger partial charge in [0, 0.05) is 37.8 Å². The highest BCUT2D eigenvalue weighted by Crippen LogP contribution is 2.12. The van der Waals surface area contributed by atoms with Gasteiger partial charge >= 0.3 is 0 Å². The van der Waals surface area contributed by atoms with Crippen LogP contribution in [0.15, 0.2) is 12.4 Å². The van der Waals surface area contributed by atoms with Crippen molar-refractivity contribution in [3.63, 3.8) is 0 Å². The largest absolute Gasteiger partial charge is 0.370 e. The van der Waals surface area contributed by atoms with E-state index in [1.807, 2.05) is 17.9 Å². The minimum Gasteiger partial charge on any atom is -0.370 e. The van der Waals surface area contributed by atoms with Crippen LogP contribution in [-0.4, -0.2) is 50.0 Å². The number of nitrogens with zero attached hydrogens (tertiary/aromatic N) is 5. The fraction of sp³-hybridized carbons (Fsp3) is 0.600. The molecule has 0 aliphatic carbocycles. The fourth-order valence-corrected chi connectivity index (χ4v) is 2.82. The van der Waals surface area contributed by atoms with Gasteiger partial charge in [0.2, 0.25) is 5.91 Å². The number of fused-ring (bicyclic) bond motifs is 1. The Bertz CT molecular complexity index is 653. The van der Waals surface area contributed by atoms with Crippen LogP contribution in [0.3, 0.4) is 0 Å². The molecule has 0 atom stereocenters. The van der Waals surface area contributed by atoms with E-state index in [1.165, 1.54) is 12.7 Å². The lowest BCUT2D eigenvalue weighted by Crippen LogP contribution is -2.32. The van der Waals surface area contributed by atoms with Crippen LogP contribution in [0.4, 0.5) is 5.82 Å². The van der Waals surface area contributed by atoms with E-state index in [9.17, 15) is 4.79 Å². The summed E-state index contributed by atoms with van der Waals surface area (Å²) in [7, 11) is 0. The number of aryl methyl sites for hydroxylation is 1. The Labute approximate surface area is 129 Å². The third-order valence-electron chi connectivity index (χ3n) is 3.96. The van der Waals surface area contributed by atoms with Gasteiger partial charge in [0.1, 0.15) is 12.1 Å². The lowest BCUT2D eigenvalue weighted by Gasteiger charge is -2.20. The average molecular weight is 302 g/mol. The third-order valence-corrected chi connectivity index (χ3v) is 3.96. The second kappa shape index (κ2) is 6.72. The SMILES string of the molecule is Cc1cc(NCCCN2CCCCCC2=O)n2ncnc2n1. The molecule has 1 aliphatic rings. The van der Waals surface area contributed by atoms with Crippen molar-refractivity contribution in [2.24, 2.45) is 0 Å². The maximum atomic E-state index is 11.9. The van der Waals surface area contributed by atoms with E-state index in [4.69, 9.17) is 0 Å². The number of nitrogens with one attached hydrogen (secondary N) is 1. The van der Waals surface area contributed by atoms with Gasteiger partial charge in [-0.2, -0.15) is 14.6 Å². The average Bonchev–Trinajstić information content (AvgIpc) is 2.87. The van der Waals surface area contributed by atoms with E-state index in [-0.39, 0.29) is 0 Å². The summed E-state index contributed by atoms with van der Waals surface area (Å²) in [5.74, 6) is 1.79. The molecule has 2 aromatic rings. The number of anilines is 1. The van der Waals surface area contributed by atoms with Gasteiger partial charge in [0.15, 0.2) is 0 Å². The van der Waals surface area contributed by atoms with Gasteiger partial charge in [-0.05, 0) is 26.2 Å².